The highest BCUT2D eigenvalue weighted by atomic mass is 16.3. The highest BCUT2D eigenvalue weighted by molar-refractivity contribution is 5.57. The lowest BCUT2D eigenvalue weighted by atomic mass is 10.0. The van der Waals surface area contributed by atoms with Gasteiger partial charge in [0.1, 0.15) is 5.82 Å². The van der Waals surface area contributed by atoms with Crippen LogP contribution in [0.2, 0.25) is 0 Å². The van der Waals surface area contributed by atoms with Crippen molar-refractivity contribution in [3.05, 3.63) is 76.1 Å². The lowest BCUT2D eigenvalue weighted by molar-refractivity contribution is 0.240. The molecular weight excluding hydrogens is 322 g/mol. The van der Waals surface area contributed by atoms with E-state index in [1.165, 1.54) is 28.1 Å². The van der Waals surface area contributed by atoms with Gasteiger partial charge in [0, 0.05) is 31.6 Å². The SMILES string of the molecule is Cc1cccc(C)c1CN1CCc2nc(-c3cccc(CO)c3)[nH]c2C1. The maximum absolute atomic E-state index is 9.35. The Balaban J connectivity index is 1.55. The second-order valence-electron chi connectivity index (χ2n) is 7.20. The van der Waals surface area contributed by atoms with Gasteiger partial charge in [0.15, 0.2) is 0 Å². The molecule has 1 aliphatic heterocycles. The number of nitrogens with one attached hydrogen (secondary N) is 1. The molecule has 2 aromatic carbocycles. The third-order valence-corrected chi connectivity index (χ3v) is 5.32. The molecular formula is C22H25N3O. The number of rotatable bonds is 4. The number of aryl methyl sites for hydroxylation is 2. The molecule has 26 heavy (non-hydrogen) atoms. The zero-order chi connectivity index (χ0) is 18.1. The fourth-order valence-corrected chi connectivity index (χ4v) is 3.76. The second-order valence-corrected chi connectivity index (χ2v) is 7.20. The highest BCUT2D eigenvalue weighted by Crippen LogP contribution is 2.25. The van der Waals surface area contributed by atoms with Gasteiger partial charge in [-0.2, -0.15) is 0 Å². The molecule has 2 heterocycles. The molecule has 134 valence electrons. The Bertz CT molecular complexity index is 909. The van der Waals surface area contributed by atoms with Crippen molar-refractivity contribution in [3.63, 3.8) is 0 Å². The Labute approximate surface area is 154 Å². The number of aromatic amines is 1. The van der Waals surface area contributed by atoms with Crippen molar-refractivity contribution >= 4 is 0 Å². The van der Waals surface area contributed by atoms with E-state index in [1.54, 1.807) is 0 Å². The normalized spacial score (nSPS) is 14.4. The molecule has 0 aliphatic carbocycles. The van der Waals surface area contributed by atoms with Gasteiger partial charge in [-0.25, -0.2) is 4.98 Å². The number of aliphatic hydroxyl groups is 1. The number of H-pyrrole nitrogens is 1. The summed E-state index contributed by atoms with van der Waals surface area (Å²) < 4.78 is 0. The van der Waals surface area contributed by atoms with Crippen molar-refractivity contribution in [2.75, 3.05) is 6.54 Å². The van der Waals surface area contributed by atoms with E-state index in [0.717, 1.165) is 43.0 Å². The zero-order valence-corrected chi connectivity index (χ0v) is 15.4. The Morgan fingerprint density at radius 2 is 1.88 bits per heavy atom. The summed E-state index contributed by atoms with van der Waals surface area (Å²) in [6, 6.07) is 14.5. The summed E-state index contributed by atoms with van der Waals surface area (Å²) in [4.78, 5) is 10.8. The molecule has 0 saturated carbocycles. The van der Waals surface area contributed by atoms with Gasteiger partial charge in [-0.05, 0) is 42.2 Å². The van der Waals surface area contributed by atoms with Gasteiger partial charge in [-0.3, -0.25) is 4.90 Å². The fraction of sp³-hybridized carbons (Fsp3) is 0.318. The molecule has 0 bridgehead atoms. The molecule has 2 N–H and O–H groups in total. The maximum Gasteiger partial charge on any atom is 0.137 e. The molecule has 4 nitrogen and oxygen atoms in total. The zero-order valence-electron chi connectivity index (χ0n) is 15.4. The Morgan fingerprint density at radius 3 is 2.65 bits per heavy atom. The molecule has 3 aromatic rings. The summed E-state index contributed by atoms with van der Waals surface area (Å²) in [5.74, 6) is 0.902. The van der Waals surface area contributed by atoms with Crippen molar-refractivity contribution in [2.45, 2.75) is 40.0 Å². The molecule has 1 aromatic heterocycles. The number of aromatic nitrogens is 2. The molecule has 0 unspecified atom stereocenters. The van der Waals surface area contributed by atoms with Crippen molar-refractivity contribution < 1.29 is 5.11 Å². The van der Waals surface area contributed by atoms with Crippen LogP contribution in [0, 0.1) is 13.8 Å². The number of nitrogens with zero attached hydrogens (tertiary/aromatic N) is 2. The van der Waals surface area contributed by atoms with Gasteiger partial charge in [0.2, 0.25) is 0 Å². The lowest BCUT2D eigenvalue weighted by Crippen LogP contribution is -2.30. The van der Waals surface area contributed by atoms with Gasteiger partial charge in [0.25, 0.3) is 0 Å². The average Bonchev–Trinajstić information content (AvgIpc) is 3.08. The van der Waals surface area contributed by atoms with Crippen molar-refractivity contribution in [1.82, 2.24) is 14.9 Å². The quantitative estimate of drug-likeness (QED) is 0.756. The molecule has 4 heteroatoms. The number of hydrogen-bond acceptors (Lipinski definition) is 3. The summed E-state index contributed by atoms with van der Waals surface area (Å²) in [5.41, 5.74) is 8.50. The van der Waals surface area contributed by atoms with Crippen LogP contribution in [0.5, 0.6) is 0 Å². The van der Waals surface area contributed by atoms with Crippen LogP contribution in [0.25, 0.3) is 11.4 Å². The van der Waals surface area contributed by atoms with E-state index in [1.807, 2.05) is 24.3 Å². The summed E-state index contributed by atoms with van der Waals surface area (Å²) in [7, 11) is 0. The predicted molar refractivity (Wildman–Crippen MR) is 104 cm³/mol. The first kappa shape index (κ1) is 17.0. The van der Waals surface area contributed by atoms with E-state index in [2.05, 4.69) is 41.9 Å². The summed E-state index contributed by atoms with van der Waals surface area (Å²) in [6.45, 7) is 7.35. The minimum atomic E-state index is 0.0534. The summed E-state index contributed by atoms with van der Waals surface area (Å²) >= 11 is 0. The highest BCUT2D eigenvalue weighted by Gasteiger charge is 2.21. The van der Waals surface area contributed by atoms with Crippen LogP contribution in [0.1, 0.15) is 33.6 Å². The topological polar surface area (TPSA) is 52.1 Å². The molecule has 0 radical (unpaired) electrons. The number of imidazole rings is 1. The van der Waals surface area contributed by atoms with E-state index >= 15 is 0 Å². The van der Waals surface area contributed by atoms with Crippen molar-refractivity contribution in [1.29, 1.82) is 0 Å². The van der Waals surface area contributed by atoms with Gasteiger partial charge >= 0.3 is 0 Å². The lowest BCUT2D eigenvalue weighted by Gasteiger charge is -2.27. The van der Waals surface area contributed by atoms with Gasteiger partial charge in [0.05, 0.1) is 18.0 Å². The Morgan fingerprint density at radius 1 is 1.12 bits per heavy atom. The first-order valence-corrected chi connectivity index (χ1v) is 9.19. The standard InChI is InChI=1S/C22H25N3O/c1-15-5-3-6-16(2)19(15)12-25-10-9-20-21(13-25)24-22(23-20)18-8-4-7-17(11-18)14-26/h3-8,11,26H,9-10,12-14H2,1-2H3,(H,23,24). The third kappa shape index (κ3) is 3.30. The summed E-state index contributed by atoms with van der Waals surface area (Å²) in [5, 5.41) is 9.35. The molecule has 4 rings (SSSR count). The van der Waals surface area contributed by atoms with E-state index in [0.29, 0.717) is 0 Å². The molecule has 0 spiro atoms. The fourth-order valence-electron chi connectivity index (χ4n) is 3.76. The van der Waals surface area contributed by atoms with Crippen LogP contribution in [0.15, 0.2) is 42.5 Å². The predicted octanol–water partition coefficient (Wildman–Crippen LogP) is 3.74. The molecule has 0 atom stereocenters. The molecule has 0 fully saturated rings. The van der Waals surface area contributed by atoms with Crippen LogP contribution in [0.4, 0.5) is 0 Å². The van der Waals surface area contributed by atoms with Gasteiger partial charge < -0.3 is 10.1 Å². The van der Waals surface area contributed by atoms with Crippen LogP contribution in [-0.4, -0.2) is 26.5 Å². The Kier molecular flexibility index (Phi) is 4.62. The first-order chi connectivity index (χ1) is 12.6. The van der Waals surface area contributed by atoms with Crippen LogP contribution in [-0.2, 0) is 26.1 Å². The second kappa shape index (κ2) is 7.06. The van der Waals surface area contributed by atoms with Gasteiger partial charge in [-0.1, -0.05) is 36.4 Å². The van der Waals surface area contributed by atoms with Crippen LogP contribution in [0.3, 0.4) is 0 Å². The molecule has 0 amide bonds. The smallest absolute Gasteiger partial charge is 0.137 e. The largest absolute Gasteiger partial charge is 0.392 e. The van der Waals surface area contributed by atoms with E-state index in [4.69, 9.17) is 4.98 Å². The van der Waals surface area contributed by atoms with Crippen molar-refractivity contribution in [3.8, 4) is 11.4 Å². The number of hydrogen-bond donors (Lipinski definition) is 2. The van der Waals surface area contributed by atoms with E-state index in [-0.39, 0.29) is 6.61 Å². The van der Waals surface area contributed by atoms with E-state index in [9.17, 15) is 5.11 Å². The monoisotopic (exact) mass is 347 g/mol. The average molecular weight is 347 g/mol. The summed E-state index contributed by atoms with van der Waals surface area (Å²) in [6.07, 6.45) is 0.969. The number of fused-ring (bicyclic) bond motifs is 1. The maximum atomic E-state index is 9.35. The van der Waals surface area contributed by atoms with Crippen molar-refractivity contribution in [2.24, 2.45) is 0 Å². The van der Waals surface area contributed by atoms with Crippen LogP contribution >= 0.6 is 0 Å². The number of benzene rings is 2. The molecule has 1 aliphatic rings. The minimum Gasteiger partial charge on any atom is -0.392 e. The van der Waals surface area contributed by atoms with E-state index < -0.39 is 0 Å². The number of aliphatic hydroxyl groups excluding tert-OH is 1. The van der Waals surface area contributed by atoms with Crippen LogP contribution < -0.4 is 0 Å². The van der Waals surface area contributed by atoms with Gasteiger partial charge in [-0.15, -0.1) is 0 Å². The first-order valence-electron chi connectivity index (χ1n) is 9.19. The molecule has 0 saturated heterocycles. The Hall–Kier alpha value is -2.43. The third-order valence-electron chi connectivity index (χ3n) is 5.32. The minimum absolute atomic E-state index is 0.0534.